The van der Waals surface area contributed by atoms with E-state index in [2.05, 4.69) is 41.5 Å². The van der Waals surface area contributed by atoms with Crippen LogP contribution >= 0.6 is 0 Å². The quantitative estimate of drug-likeness (QED) is 0.647. The second-order valence-electron chi connectivity index (χ2n) is 5.24. The van der Waals surface area contributed by atoms with Crippen LogP contribution in [0.4, 0.5) is 0 Å². The molecule has 0 aliphatic heterocycles. The summed E-state index contributed by atoms with van der Waals surface area (Å²) in [6.45, 7) is 12.9. The highest BCUT2D eigenvalue weighted by molar-refractivity contribution is 6.62. The van der Waals surface area contributed by atoms with E-state index < -0.39 is 8.80 Å². The molecule has 0 saturated heterocycles. The first-order valence-electron chi connectivity index (χ1n) is 6.08. The molecule has 0 spiro atoms. The van der Waals surface area contributed by atoms with E-state index in [1.807, 2.05) is 0 Å². The van der Waals surface area contributed by atoms with Crippen LogP contribution in [0.2, 0.25) is 5.54 Å². The molecule has 0 N–H and O–H groups in total. The molecule has 0 heterocycles. The average Bonchev–Trinajstić information content (AvgIpc) is 2.18. The van der Waals surface area contributed by atoms with Gasteiger partial charge in [-0.3, -0.25) is 0 Å². The van der Waals surface area contributed by atoms with Crippen molar-refractivity contribution in [2.75, 3.05) is 14.2 Å². The minimum Gasteiger partial charge on any atom is -0.377 e. The van der Waals surface area contributed by atoms with Gasteiger partial charge in [-0.15, -0.1) is 0 Å². The highest BCUT2D eigenvalue weighted by atomic mass is 28.4. The molecule has 0 atom stereocenters. The predicted molar refractivity (Wildman–Crippen MR) is 69.4 cm³/mol. The van der Waals surface area contributed by atoms with E-state index in [1.54, 1.807) is 14.2 Å². The number of hydrogen-bond donors (Lipinski definition) is 0. The second-order valence-corrected chi connectivity index (χ2v) is 8.65. The van der Waals surface area contributed by atoms with Gasteiger partial charge in [0.15, 0.2) is 0 Å². The van der Waals surface area contributed by atoms with Crippen molar-refractivity contribution in [3.8, 4) is 0 Å². The summed E-state index contributed by atoms with van der Waals surface area (Å²) in [6.07, 6.45) is 0.189. The topological polar surface area (TPSA) is 27.7 Å². The molecule has 0 rings (SSSR count). The van der Waals surface area contributed by atoms with Crippen molar-refractivity contribution >= 4 is 8.80 Å². The lowest BCUT2D eigenvalue weighted by Gasteiger charge is -2.37. The lowest BCUT2D eigenvalue weighted by atomic mass is 9.97. The molecule has 0 fully saturated rings. The van der Waals surface area contributed by atoms with Crippen molar-refractivity contribution in [3.05, 3.63) is 0 Å². The summed E-state index contributed by atoms with van der Waals surface area (Å²) >= 11 is 0. The summed E-state index contributed by atoms with van der Waals surface area (Å²) in [7, 11) is 0.866. The van der Waals surface area contributed by atoms with Crippen molar-refractivity contribution in [1.82, 2.24) is 0 Å². The van der Waals surface area contributed by atoms with E-state index in [-0.39, 0.29) is 11.6 Å². The first-order chi connectivity index (χ1) is 7.30. The summed E-state index contributed by atoms with van der Waals surface area (Å²) in [6, 6.07) is 0. The fourth-order valence-electron chi connectivity index (χ4n) is 2.02. The SMILES string of the molecule is CO[Si](OC)(OC(C(C)C)C(C)C)C(C)C. The molecule has 0 aliphatic rings. The molecule has 0 saturated carbocycles. The van der Waals surface area contributed by atoms with Crippen LogP contribution in [0, 0.1) is 11.8 Å². The molecule has 0 aromatic heterocycles. The maximum atomic E-state index is 6.22. The van der Waals surface area contributed by atoms with Crippen LogP contribution in [0.1, 0.15) is 41.5 Å². The van der Waals surface area contributed by atoms with Gasteiger partial charge in [0.1, 0.15) is 0 Å². The molecule has 3 nitrogen and oxygen atoms in total. The highest BCUT2D eigenvalue weighted by Gasteiger charge is 2.46. The van der Waals surface area contributed by atoms with E-state index in [4.69, 9.17) is 13.3 Å². The first kappa shape index (κ1) is 16.1. The monoisotopic (exact) mass is 248 g/mol. The first-order valence-corrected chi connectivity index (χ1v) is 7.89. The van der Waals surface area contributed by atoms with Crippen molar-refractivity contribution in [2.45, 2.75) is 53.2 Å². The van der Waals surface area contributed by atoms with Crippen LogP contribution in [-0.2, 0) is 13.3 Å². The largest absolute Gasteiger partial charge is 0.503 e. The summed E-state index contributed by atoms with van der Waals surface area (Å²) < 4.78 is 17.4. The molecule has 0 aromatic carbocycles. The maximum Gasteiger partial charge on any atom is 0.503 e. The Balaban J connectivity index is 4.84. The summed E-state index contributed by atoms with van der Waals surface area (Å²) in [5, 5.41) is 0. The molecule has 0 amide bonds. The molecule has 0 radical (unpaired) electrons. The number of rotatable bonds is 7. The van der Waals surface area contributed by atoms with Crippen LogP contribution in [0.5, 0.6) is 0 Å². The molecule has 0 aromatic rings. The van der Waals surface area contributed by atoms with Crippen LogP contribution < -0.4 is 0 Å². The van der Waals surface area contributed by atoms with Crippen LogP contribution in [0.3, 0.4) is 0 Å². The van der Waals surface area contributed by atoms with Crippen LogP contribution in [0.15, 0.2) is 0 Å². The number of hydrogen-bond acceptors (Lipinski definition) is 3. The van der Waals surface area contributed by atoms with Crippen molar-refractivity contribution < 1.29 is 13.3 Å². The van der Waals surface area contributed by atoms with Gasteiger partial charge in [0.2, 0.25) is 0 Å². The smallest absolute Gasteiger partial charge is 0.377 e. The fraction of sp³-hybridized carbons (Fsp3) is 1.00. The Bertz CT molecular complexity index is 181. The van der Waals surface area contributed by atoms with Gasteiger partial charge in [0, 0.05) is 19.8 Å². The Morgan fingerprint density at radius 3 is 1.31 bits per heavy atom. The summed E-state index contributed by atoms with van der Waals surface area (Å²) in [5.41, 5.74) is 0.280. The minimum atomic E-state index is -2.51. The van der Waals surface area contributed by atoms with Crippen LogP contribution in [0.25, 0.3) is 0 Å². The minimum absolute atomic E-state index is 0.189. The molecule has 4 heteroatoms. The Hall–Kier alpha value is 0.0969. The van der Waals surface area contributed by atoms with E-state index in [1.165, 1.54) is 0 Å². The van der Waals surface area contributed by atoms with Crippen LogP contribution in [-0.4, -0.2) is 29.1 Å². The van der Waals surface area contributed by atoms with Gasteiger partial charge >= 0.3 is 8.80 Å². The zero-order valence-electron chi connectivity index (χ0n) is 12.0. The second kappa shape index (κ2) is 6.74. The third kappa shape index (κ3) is 3.84. The standard InChI is InChI=1S/C12H28O3Si/c1-9(2)12(10(3)4)15-16(13-7,14-8)11(5)6/h9-12H,1-8H3. The van der Waals surface area contributed by atoms with E-state index >= 15 is 0 Å². The van der Waals surface area contributed by atoms with Gasteiger partial charge in [-0.2, -0.15) is 0 Å². The average molecular weight is 248 g/mol. The van der Waals surface area contributed by atoms with Gasteiger partial charge in [-0.1, -0.05) is 41.5 Å². The van der Waals surface area contributed by atoms with Gasteiger partial charge in [-0.25, -0.2) is 0 Å². The Morgan fingerprint density at radius 2 is 1.12 bits per heavy atom. The predicted octanol–water partition coefficient (Wildman–Crippen LogP) is 3.33. The zero-order chi connectivity index (χ0) is 12.9. The van der Waals surface area contributed by atoms with Crippen molar-refractivity contribution in [1.29, 1.82) is 0 Å². The molecule has 0 aliphatic carbocycles. The maximum absolute atomic E-state index is 6.22. The van der Waals surface area contributed by atoms with E-state index in [0.29, 0.717) is 11.8 Å². The van der Waals surface area contributed by atoms with Gasteiger partial charge in [0.05, 0.1) is 6.10 Å². The Morgan fingerprint density at radius 1 is 0.750 bits per heavy atom. The van der Waals surface area contributed by atoms with Gasteiger partial charge < -0.3 is 13.3 Å². The third-order valence-corrected chi connectivity index (χ3v) is 6.04. The Labute approximate surface area is 102 Å². The zero-order valence-corrected chi connectivity index (χ0v) is 13.0. The molecular formula is C12H28O3Si. The molecule has 0 bridgehead atoms. The lowest BCUT2D eigenvalue weighted by molar-refractivity contribution is 0.00611. The van der Waals surface area contributed by atoms with Gasteiger partial charge in [-0.05, 0) is 11.8 Å². The molecular weight excluding hydrogens is 220 g/mol. The van der Waals surface area contributed by atoms with E-state index in [9.17, 15) is 0 Å². The lowest BCUT2D eigenvalue weighted by Crippen LogP contribution is -2.51. The van der Waals surface area contributed by atoms with E-state index in [0.717, 1.165) is 0 Å². The third-order valence-electron chi connectivity index (χ3n) is 2.89. The molecule has 98 valence electrons. The van der Waals surface area contributed by atoms with Gasteiger partial charge in [0.25, 0.3) is 0 Å². The van der Waals surface area contributed by atoms with Crippen molar-refractivity contribution in [3.63, 3.8) is 0 Å². The highest BCUT2D eigenvalue weighted by Crippen LogP contribution is 2.29. The Kier molecular flexibility index (Phi) is 6.78. The normalized spacial score (nSPS) is 13.5. The molecule has 16 heavy (non-hydrogen) atoms. The fourth-order valence-corrected chi connectivity index (χ4v) is 4.52. The summed E-state index contributed by atoms with van der Waals surface area (Å²) in [4.78, 5) is 0. The van der Waals surface area contributed by atoms with Crippen molar-refractivity contribution in [2.24, 2.45) is 11.8 Å². The molecule has 0 unspecified atom stereocenters. The summed E-state index contributed by atoms with van der Waals surface area (Å²) in [5.74, 6) is 0.937.